The summed E-state index contributed by atoms with van der Waals surface area (Å²) in [4.78, 5) is 17.3. The van der Waals surface area contributed by atoms with Crippen molar-refractivity contribution in [3.8, 4) is 0 Å². The van der Waals surface area contributed by atoms with Crippen LogP contribution < -0.4 is 0 Å². The van der Waals surface area contributed by atoms with Gasteiger partial charge in [-0.25, -0.2) is 0 Å². The van der Waals surface area contributed by atoms with Crippen molar-refractivity contribution in [1.82, 2.24) is 19.6 Å². The third-order valence-electron chi connectivity index (χ3n) is 6.90. The second-order valence-corrected chi connectivity index (χ2v) is 9.36. The highest BCUT2D eigenvalue weighted by atomic mass is 19.4. The van der Waals surface area contributed by atoms with Crippen LogP contribution in [-0.2, 0) is 26.2 Å². The van der Waals surface area contributed by atoms with Crippen molar-refractivity contribution in [3.05, 3.63) is 89.2 Å². The second kappa shape index (κ2) is 10.6. The quantitative estimate of drug-likeness (QED) is 0.472. The molecule has 1 saturated heterocycles. The van der Waals surface area contributed by atoms with Gasteiger partial charge in [-0.3, -0.25) is 14.4 Å². The molecule has 0 spiro atoms. The summed E-state index contributed by atoms with van der Waals surface area (Å²) < 4.78 is 40.2. The molecule has 186 valence electrons. The molecule has 0 aliphatic carbocycles. The summed E-state index contributed by atoms with van der Waals surface area (Å²) in [5, 5.41) is 4.29. The summed E-state index contributed by atoms with van der Waals surface area (Å²) in [6.07, 6.45) is 0.0474. The third kappa shape index (κ3) is 6.31. The average Bonchev–Trinajstić information content (AvgIpc) is 3.29. The molecule has 1 aliphatic rings. The van der Waals surface area contributed by atoms with E-state index in [0.29, 0.717) is 18.2 Å². The van der Waals surface area contributed by atoms with Crippen molar-refractivity contribution in [1.29, 1.82) is 0 Å². The van der Waals surface area contributed by atoms with Crippen LogP contribution in [0.3, 0.4) is 0 Å². The summed E-state index contributed by atoms with van der Waals surface area (Å²) in [5.41, 5.74) is 1.88. The number of alkyl halides is 3. The van der Waals surface area contributed by atoms with Crippen molar-refractivity contribution < 1.29 is 18.0 Å². The minimum Gasteiger partial charge on any atom is -0.337 e. The molecule has 1 fully saturated rings. The maximum absolute atomic E-state index is 13.2. The molecule has 1 unspecified atom stereocenters. The predicted molar refractivity (Wildman–Crippen MR) is 129 cm³/mol. The SMILES string of the molecule is CN(C(=O)c1ccn(C)n1)C(Cc1ccccc1)C1CCN(Cc2ccc(C(F)(F)F)cc2)CC1. The van der Waals surface area contributed by atoms with Crippen LogP contribution >= 0.6 is 0 Å². The van der Waals surface area contributed by atoms with Gasteiger partial charge in [-0.05, 0) is 67.6 Å². The fourth-order valence-electron chi connectivity index (χ4n) is 4.89. The lowest BCUT2D eigenvalue weighted by Crippen LogP contribution is -2.47. The summed E-state index contributed by atoms with van der Waals surface area (Å²) in [5.74, 6) is 0.232. The molecular weight excluding hydrogens is 453 g/mol. The number of amides is 1. The fraction of sp³-hybridized carbons (Fsp3) is 0.407. The maximum atomic E-state index is 13.2. The highest BCUT2D eigenvalue weighted by molar-refractivity contribution is 5.92. The van der Waals surface area contributed by atoms with Gasteiger partial charge in [0.05, 0.1) is 5.56 Å². The first-order valence-electron chi connectivity index (χ1n) is 11.9. The third-order valence-corrected chi connectivity index (χ3v) is 6.90. The number of likely N-dealkylation sites (N-methyl/N-ethyl adjacent to an activating group) is 1. The average molecular weight is 485 g/mol. The molecule has 1 amide bonds. The van der Waals surface area contributed by atoms with E-state index in [-0.39, 0.29) is 11.9 Å². The minimum atomic E-state index is -4.32. The number of piperidine rings is 1. The monoisotopic (exact) mass is 484 g/mol. The molecule has 2 heterocycles. The first kappa shape index (κ1) is 25.0. The number of aryl methyl sites for hydroxylation is 1. The van der Waals surface area contributed by atoms with E-state index >= 15 is 0 Å². The molecule has 0 bridgehead atoms. The molecule has 35 heavy (non-hydrogen) atoms. The molecule has 0 N–H and O–H groups in total. The van der Waals surface area contributed by atoms with Crippen LogP contribution in [0, 0.1) is 5.92 Å². The number of likely N-dealkylation sites (tertiary alicyclic amines) is 1. The van der Waals surface area contributed by atoms with E-state index in [0.717, 1.165) is 50.0 Å². The first-order valence-corrected chi connectivity index (χ1v) is 11.9. The molecular formula is C27H31F3N4O. The Hall–Kier alpha value is -3.13. The predicted octanol–water partition coefficient (Wildman–Crippen LogP) is 5.03. The van der Waals surface area contributed by atoms with Gasteiger partial charge >= 0.3 is 6.18 Å². The Morgan fingerprint density at radius 2 is 1.69 bits per heavy atom. The van der Waals surface area contributed by atoms with Crippen LogP contribution in [0.5, 0.6) is 0 Å². The Morgan fingerprint density at radius 3 is 2.26 bits per heavy atom. The van der Waals surface area contributed by atoms with Gasteiger partial charge in [-0.1, -0.05) is 42.5 Å². The molecule has 8 heteroatoms. The Bertz CT molecular complexity index is 1100. The number of carbonyl (C=O) groups is 1. The van der Waals surface area contributed by atoms with Crippen LogP contribution in [-0.4, -0.2) is 51.7 Å². The van der Waals surface area contributed by atoms with Gasteiger partial charge in [0.25, 0.3) is 5.91 Å². The number of benzene rings is 2. The molecule has 0 radical (unpaired) electrons. The normalized spacial score (nSPS) is 16.3. The Balaban J connectivity index is 1.42. The number of halogens is 3. The maximum Gasteiger partial charge on any atom is 0.416 e. The molecule has 1 aromatic heterocycles. The van der Waals surface area contributed by atoms with Crippen LogP contribution in [0.1, 0.15) is 40.0 Å². The zero-order chi connectivity index (χ0) is 25.0. The van der Waals surface area contributed by atoms with Gasteiger partial charge < -0.3 is 4.90 Å². The summed E-state index contributed by atoms with van der Waals surface area (Å²) in [6.45, 7) is 2.29. The van der Waals surface area contributed by atoms with Crippen molar-refractivity contribution in [2.24, 2.45) is 13.0 Å². The van der Waals surface area contributed by atoms with Gasteiger partial charge in [0.2, 0.25) is 0 Å². The van der Waals surface area contributed by atoms with Gasteiger partial charge in [0.15, 0.2) is 0 Å². The van der Waals surface area contributed by atoms with Gasteiger partial charge in [-0.15, -0.1) is 0 Å². The Morgan fingerprint density at radius 1 is 1.03 bits per heavy atom. The summed E-state index contributed by atoms with van der Waals surface area (Å²) >= 11 is 0. The van der Waals surface area contributed by atoms with E-state index in [4.69, 9.17) is 0 Å². The van der Waals surface area contributed by atoms with Crippen LogP contribution in [0.2, 0.25) is 0 Å². The zero-order valence-electron chi connectivity index (χ0n) is 20.1. The van der Waals surface area contributed by atoms with Crippen LogP contribution in [0.15, 0.2) is 66.9 Å². The number of rotatable bonds is 7. The minimum absolute atomic E-state index is 0.0279. The van der Waals surface area contributed by atoms with Crippen molar-refractivity contribution in [2.75, 3.05) is 20.1 Å². The molecule has 4 rings (SSSR count). The molecule has 2 aromatic carbocycles. The first-order chi connectivity index (χ1) is 16.7. The van der Waals surface area contributed by atoms with Gasteiger partial charge in [0, 0.05) is 32.9 Å². The molecule has 1 aliphatic heterocycles. The van der Waals surface area contributed by atoms with E-state index < -0.39 is 11.7 Å². The van der Waals surface area contributed by atoms with Crippen molar-refractivity contribution >= 4 is 5.91 Å². The fourth-order valence-corrected chi connectivity index (χ4v) is 4.89. The van der Waals surface area contributed by atoms with E-state index in [2.05, 4.69) is 22.1 Å². The smallest absolute Gasteiger partial charge is 0.337 e. The largest absolute Gasteiger partial charge is 0.416 e. The lowest BCUT2D eigenvalue weighted by molar-refractivity contribution is -0.137. The lowest BCUT2D eigenvalue weighted by atomic mass is 9.84. The van der Waals surface area contributed by atoms with E-state index in [1.54, 1.807) is 36.1 Å². The van der Waals surface area contributed by atoms with Crippen molar-refractivity contribution in [2.45, 2.75) is 38.0 Å². The van der Waals surface area contributed by atoms with Crippen molar-refractivity contribution in [3.63, 3.8) is 0 Å². The van der Waals surface area contributed by atoms with E-state index in [9.17, 15) is 18.0 Å². The zero-order valence-corrected chi connectivity index (χ0v) is 20.1. The second-order valence-electron chi connectivity index (χ2n) is 9.36. The highest BCUT2D eigenvalue weighted by Crippen LogP contribution is 2.30. The molecule has 3 aromatic rings. The Kier molecular flexibility index (Phi) is 7.60. The van der Waals surface area contributed by atoms with E-state index in [1.165, 1.54) is 5.56 Å². The summed E-state index contributed by atoms with van der Waals surface area (Å²) in [7, 11) is 3.66. The van der Waals surface area contributed by atoms with E-state index in [1.807, 2.05) is 30.1 Å². The standard InChI is InChI=1S/C27H31F3N4O/c1-32-15-14-24(31-32)26(35)33(2)25(18-20-6-4-3-5-7-20)22-12-16-34(17-13-22)19-21-8-10-23(11-9-21)27(28,29)30/h3-11,14-15,22,25H,12-13,16-19H2,1-2H3. The van der Waals surface area contributed by atoms with Crippen LogP contribution in [0.25, 0.3) is 0 Å². The van der Waals surface area contributed by atoms with Gasteiger partial charge in [0.1, 0.15) is 5.69 Å². The summed E-state index contributed by atoms with van der Waals surface area (Å²) in [6, 6.07) is 17.4. The topological polar surface area (TPSA) is 41.4 Å². The Labute approximate surface area is 204 Å². The number of hydrogen-bond donors (Lipinski definition) is 0. The molecule has 5 nitrogen and oxygen atoms in total. The number of nitrogens with zero attached hydrogens (tertiary/aromatic N) is 4. The number of aromatic nitrogens is 2. The number of carbonyl (C=O) groups excluding carboxylic acids is 1. The molecule has 1 atom stereocenters. The number of hydrogen-bond acceptors (Lipinski definition) is 3. The lowest BCUT2D eigenvalue weighted by Gasteiger charge is -2.40. The molecule has 0 saturated carbocycles. The van der Waals surface area contributed by atoms with Crippen LogP contribution in [0.4, 0.5) is 13.2 Å². The highest BCUT2D eigenvalue weighted by Gasteiger charge is 2.33. The van der Waals surface area contributed by atoms with Gasteiger partial charge in [-0.2, -0.15) is 18.3 Å².